The van der Waals surface area contributed by atoms with E-state index in [0.29, 0.717) is 38.7 Å². The second-order valence-corrected chi connectivity index (χ2v) is 6.85. The SMILES string of the molecule is COCCNC(N)=NCCCN1CCN(C(=O)OC(C)(C)C)CC1. The number of nitrogens with zero attached hydrogens (tertiary/aromatic N) is 3. The van der Waals surface area contributed by atoms with E-state index in [1.807, 2.05) is 20.8 Å². The van der Waals surface area contributed by atoms with Crippen LogP contribution in [-0.2, 0) is 9.47 Å². The quantitative estimate of drug-likeness (QED) is 0.397. The molecular formula is C16H33N5O3. The Hall–Kier alpha value is -1.54. The molecule has 0 unspecified atom stereocenters. The number of nitrogens with one attached hydrogen (secondary N) is 1. The highest BCUT2D eigenvalue weighted by Gasteiger charge is 2.25. The van der Waals surface area contributed by atoms with Crippen molar-refractivity contribution < 1.29 is 14.3 Å². The molecule has 0 aliphatic carbocycles. The zero-order valence-electron chi connectivity index (χ0n) is 15.5. The van der Waals surface area contributed by atoms with Gasteiger partial charge in [-0.1, -0.05) is 0 Å². The maximum Gasteiger partial charge on any atom is 0.410 e. The fourth-order valence-electron chi connectivity index (χ4n) is 2.31. The van der Waals surface area contributed by atoms with E-state index in [0.717, 1.165) is 26.1 Å². The Labute approximate surface area is 145 Å². The predicted molar refractivity (Wildman–Crippen MR) is 95.2 cm³/mol. The summed E-state index contributed by atoms with van der Waals surface area (Å²) in [5.74, 6) is 0.460. The molecule has 8 nitrogen and oxygen atoms in total. The third-order valence-corrected chi connectivity index (χ3v) is 3.55. The molecule has 0 atom stereocenters. The maximum atomic E-state index is 12.0. The van der Waals surface area contributed by atoms with E-state index in [1.54, 1.807) is 12.0 Å². The van der Waals surface area contributed by atoms with Gasteiger partial charge in [-0.2, -0.15) is 0 Å². The summed E-state index contributed by atoms with van der Waals surface area (Å²) in [6.07, 6.45) is 0.723. The fourth-order valence-corrected chi connectivity index (χ4v) is 2.31. The minimum atomic E-state index is -0.441. The molecule has 1 saturated heterocycles. The lowest BCUT2D eigenvalue weighted by atomic mass is 10.2. The monoisotopic (exact) mass is 343 g/mol. The number of aliphatic imine (C=N–C) groups is 1. The Bertz CT molecular complexity index is 401. The molecular weight excluding hydrogens is 310 g/mol. The number of methoxy groups -OCH3 is 1. The first-order valence-corrected chi connectivity index (χ1v) is 8.55. The van der Waals surface area contributed by atoms with E-state index in [9.17, 15) is 4.79 Å². The van der Waals surface area contributed by atoms with Crippen LogP contribution in [0.4, 0.5) is 4.79 Å². The van der Waals surface area contributed by atoms with Crippen LogP contribution in [-0.4, -0.2) is 87.0 Å². The predicted octanol–water partition coefficient (Wildman–Crippen LogP) is 0.480. The van der Waals surface area contributed by atoms with Crippen molar-refractivity contribution in [3.8, 4) is 0 Å². The number of guanidine groups is 1. The largest absolute Gasteiger partial charge is 0.444 e. The third kappa shape index (κ3) is 8.93. The van der Waals surface area contributed by atoms with Crippen LogP contribution < -0.4 is 11.1 Å². The second-order valence-electron chi connectivity index (χ2n) is 6.85. The van der Waals surface area contributed by atoms with Gasteiger partial charge in [-0.15, -0.1) is 0 Å². The molecule has 0 bridgehead atoms. The van der Waals surface area contributed by atoms with E-state index >= 15 is 0 Å². The van der Waals surface area contributed by atoms with E-state index < -0.39 is 5.60 Å². The molecule has 0 saturated carbocycles. The Morgan fingerprint density at radius 1 is 1.25 bits per heavy atom. The van der Waals surface area contributed by atoms with Gasteiger partial charge in [-0.3, -0.25) is 9.89 Å². The summed E-state index contributed by atoms with van der Waals surface area (Å²) >= 11 is 0. The number of nitrogens with two attached hydrogens (primary N) is 1. The van der Waals surface area contributed by atoms with Crippen molar-refractivity contribution in [2.75, 3.05) is 59.5 Å². The van der Waals surface area contributed by atoms with Gasteiger partial charge < -0.3 is 25.4 Å². The Morgan fingerprint density at radius 3 is 2.50 bits per heavy atom. The lowest BCUT2D eigenvalue weighted by Crippen LogP contribution is -2.50. The molecule has 0 radical (unpaired) electrons. The second kappa shape index (κ2) is 10.4. The summed E-state index contributed by atoms with van der Waals surface area (Å²) in [4.78, 5) is 20.4. The molecule has 8 heteroatoms. The summed E-state index contributed by atoms with van der Waals surface area (Å²) in [5, 5.41) is 2.99. The van der Waals surface area contributed by atoms with Crippen LogP contribution in [0.15, 0.2) is 4.99 Å². The highest BCUT2D eigenvalue weighted by molar-refractivity contribution is 5.77. The molecule has 24 heavy (non-hydrogen) atoms. The van der Waals surface area contributed by atoms with Gasteiger partial charge in [-0.05, 0) is 27.2 Å². The average molecular weight is 343 g/mol. The molecule has 0 aromatic heterocycles. The number of carbonyl (C=O) groups excluding carboxylic acids is 1. The van der Waals surface area contributed by atoms with Crippen LogP contribution in [0.2, 0.25) is 0 Å². The minimum Gasteiger partial charge on any atom is -0.444 e. The molecule has 1 aliphatic heterocycles. The smallest absolute Gasteiger partial charge is 0.410 e. The highest BCUT2D eigenvalue weighted by Crippen LogP contribution is 2.11. The molecule has 0 spiro atoms. The summed E-state index contributed by atoms with van der Waals surface area (Å²) < 4.78 is 10.3. The number of rotatable bonds is 7. The zero-order chi connectivity index (χ0) is 18.0. The van der Waals surface area contributed by atoms with Gasteiger partial charge >= 0.3 is 6.09 Å². The number of ether oxygens (including phenoxy) is 2. The molecule has 3 N–H and O–H groups in total. The highest BCUT2D eigenvalue weighted by atomic mass is 16.6. The Balaban J connectivity index is 2.16. The van der Waals surface area contributed by atoms with Crippen LogP contribution in [0.25, 0.3) is 0 Å². The summed E-state index contributed by atoms with van der Waals surface area (Å²) in [5.41, 5.74) is 5.31. The topological polar surface area (TPSA) is 92.4 Å². The van der Waals surface area contributed by atoms with Gasteiger partial charge in [0.15, 0.2) is 5.96 Å². The first kappa shape index (κ1) is 20.5. The Kier molecular flexibility index (Phi) is 8.84. The lowest BCUT2D eigenvalue weighted by Gasteiger charge is -2.35. The van der Waals surface area contributed by atoms with E-state index in [4.69, 9.17) is 15.2 Å². The van der Waals surface area contributed by atoms with Crippen LogP contribution in [0.3, 0.4) is 0 Å². The van der Waals surface area contributed by atoms with Gasteiger partial charge in [0.05, 0.1) is 6.61 Å². The van der Waals surface area contributed by atoms with Crippen molar-refractivity contribution >= 4 is 12.1 Å². The molecule has 1 fully saturated rings. The standard InChI is InChI=1S/C16H33N5O3/c1-16(2,3)24-15(22)21-11-9-20(10-12-21)8-5-6-18-14(17)19-7-13-23-4/h5-13H2,1-4H3,(H3,17,18,19). The average Bonchev–Trinajstić information content (AvgIpc) is 2.51. The van der Waals surface area contributed by atoms with Crippen molar-refractivity contribution in [2.45, 2.75) is 32.8 Å². The minimum absolute atomic E-state index is 0.221. The number of amides is 1. The van der Waals surface area contributed by atoms with E-state index in [2.05, 4.69) is 15.2 Å². The van der Waals surface area contributed by atoms with Crippen LogP contribution >= 0.6 is 0 Å². The van der Waals surface area contributed by atoms with Crippen LogP contribution in [0.5, 0.6) is 0 Å². The number of hydrogen-bond acceptors (Lipinski definition) is 5. The summed E-state index contributed by atoms with van der Waals surface area (Å²) in [7, 11) is 1.65. The van der Waals surface area contributed by atoms with Gasteiger partial charge in [0, 0.05) is 52.9 Å². The van der Waals surface area contributed by atoms with Crippen molar-refractivity contribution in [1.29, 1.82) is 0 Å². The normalized spacial score (nSPS) is 17.0. The lowest BCUT2D eigenvalue weighted by molar-refractivity contribution is 0.0145. The third-order valence-electron chi connectivity index (χ3n) is 3.55. The van der Waals surface area contributed by atoms with Gasteiger partial charge in [0.2, 0.25) is 0 Å². The van der Waals surface area contributed by atoms with Crippen LogP contribution in [0.1, 0.15) is 27.2 Å². The fraction of sp³-hybridized carbons (Fsp3) is 0.875. The van der Waals surface area contributed by atoms with Gasteiger partial charge in [-0.25, -0.2) is 4.79 Å². The molecule has 1 heterocycles. The number of hydrogen-bond donors (Lipinski definition) is 2. The first-order valence-electron chi connectivity index (χ1n) is 8.55. The molecule has 0 aromatic carbocycles. The summed E-state index contributed by atoms with van der Waals surface area (Å²) in [6, 6.07) is 0. The summed E-state index contributed by atoms with van der Waals surface area (Å²) in [6.45, 7) is 11.7. The van der Waals surface area contributed by atoms with Crippen molar-refractivity contribution in [3.63, 3.8) is 0 Å². The van der Waals surface area contributed by atoms with Crippen molar-refractivity contribution in [1.82, 2.24) is 15.1 Å². The van der Waals surface area contributed by atoms with Crippen molar-refractivity contribution in [3.05, 3.63) is 0 Å². The molecule has 1 rings (SSSR count). The molecule has 0 aromatic rings. The zero-order valence-corrected chi connectivity index (χ0v) is 15.5. The van der Waals surface area contributed by atoms with E-state index in [1.165, 1.54) is 0 Å². The first-order chi connectivity index (χ1) is 11.3. The maximum absolute atomic E-state index is 12.0. The molecule has 140 valence electrons. The van der Waals surface area contributed by atoms with Gasteiger partial charge in [0.1, 0.15) is 5.60 Å². The van der Waals surface area contributed by atoms with E-state index in [-0.39, 0.29) is 6.09 Å². The Morgan fingerprint density at radius 2 is 1.92 bits per heavy atom. The molecule has 1 aliphatic rings. The number of piperazine rings is 1. The van der Waals surface area contributed by atoms with Gasteiger partial charge in [0.25, 0.3) is 0 Å². The molecule has 1 amide bonds. The number of carbonyl (C=O) groups is 1. The van der Waals surface area contributed by atoms with Crippen molar-refractivity contribution in [2.24, 2.45) is 10.7 Å². The van der Waals surface area contributed by atoms with Crippen LogP contribution in [0, 0.1) is 0 Å².